The van der Waals surface area contributed by atoms with Crippen LogP contribution in [0.2, 0.25) is 0 Å². The molecule has 0 heterocycles. The Morgan fingerprint density at radius 2 is 1.34 bits per heavy atom. The van der Waals surface area contributed by atoms with Gasteiger partial charge < -0.3 is 4.74 Å². The molecule has 2 aromatic rings. The smallest absolute Gasteiger partial charge is 0.311 e. The number of carbonyl (C=O) groups is 2. The van der Waals surface area contributed by atoms with Gasteiger partial charge in [0.1, 0.15) is 11.5 Å². The van der Waals surface area contributed by atoms with Crippen molar-refractivity contribution < 1.29 is 44.7 Å². The molecule has 0 amide bonds. The average Bonchev–Trinajstić information content (AvgIpc) is 2.66. The summed E-state index contributed by atoms with van der Waals surface area (Å²) in [6.45, 7) is 1.13. The Kier molecular flexibility index (Phi) is 6.73. The van der Waals surface area contributed by atoms with Crippen LogP contribution in [0.5, 0.6) is 5.75 Å². The topological polar surface area (TPSA) is 77.5 Å². The van der Waals surface area contributed by atoms with E-state index in [1.54, 1.807) is 0 Å². The Balaban J connectivity index is 2.06. The number of Topliss-reactive ketones (excluding diaryl/α,β-unsaturated/α-hetero) is 1. The quantitative estimate of drug-likeness (QED) is 0.219. The van der Waals surface area contributed by atoms with Crippen LogP contribution in [-0.4, -0.2) is 25.9 Å². The molecule has 0 aliphatic heterocycles. The molecule has 0 unspecified atom stereocenters. The van der Waals surface area contributed by atoms with Gasteiger partial charge in [-0.05, 0) is 31.0 Å². The summed E-state index contributed by atoms with van der Waals surface area (Å²) in [4.78, 5) is 22.6. The predicted molar refractivity (Wildman–Crippen MR) is 89.4 cm³/mol. The van der Waals surface area contributed by atoms with Crippen molar-refractivity contribution in [2.24, 2.45) is 0 Å². The first-order valence-corrected chi connectivity index (χ1v) is 9.62. The molecule has 2 aromatic carbocycles. The van der Waals surface area contributed by atoms with Gasteiger partial charge in [0.05, 0.1) is 4.90 Å². The van der Waals surface area contributed by atoms with E-state index in [4.69, 9.17) is 0 Å². The number of sulfone groups is 1. The minimum Gasteiger partial charge on any atom is -0.420 e. The number of rotatable bonds is 7. The van der Waals surface area contributed by atoms with Crippen molar-refractivity contribution in [1.29, 1.82) is 0 Å². The molecular formula is C18H13F5O5S. The molecule has 0 aliphatic carbocycles. The van der Waals surface area contributed by atoms with Crippen molar-refractivity contribution in [3.8, 4) is 5.75 Å². The molecule has 0 N–H and O–H groups in total. The molecule has 0 aromatic heterocycles. The van der Waals surface area contributed by atoms with Gasteiger partial charge in [-0.15, -0.1) is 0 Å². The van der Waals surface area contributed by atoms with E-state index in [9.17, 15) is 40.0 Å². The van der Waals surface area contributed by atoms with Gasteiger partial charge >= 0.3 is 5.97 Å². The fourth-order valence-corrected chi connectivity index (χ4v) is 3.55. The van der Waals surface area contributed by atoms with E-state index in [0.717, 1.165) is 6.92 Å². The zero-order chi connectivity index (χ0) is 21.9. The number of halogens is 5. The van der Waals surface area contributed by atoms with Gasteiger partial charge in [0, 0.05) is 6.42 Å². The maximum Gasteiger partial charge on any atom is 0.311 e. The molecule has 0 saturated carbocycles. The SMILES string of the molecule is CC(=O)CS(=O)(=O)c1ccc(CCC(=O)Oc2c(F)c(F)c(F)c(F)c2F)cc1. The highest BCUT2D eigenvalue weighted by molar-refractivity contribution is 7.92. The molecule has 0 spiro atoms. The number of aryl methyl sites for hydroxylation is 1. The zero-order valence-corrected chi connectivity index (χ0v) is 15.6. The fraction of sp³-hybridized carbons (Fsp3) is 0.222. The maximum absolute atomic E-state index is 13.5. The lowest BCUT2D eigenvalue weighted by Gasteiger charge is -2.09. The van der Waals surface area contributed by atoms with Crippen molar-refractivity contribution in [1.82, 2.24) is 0 Å². The third-order valence-electron chi connectivity index (χ3n) is 3.68. The van der Waals surface area contributed by atoms with E-state index in [2.05, 4.69) is 4.74 Å². The second kappa shape index (κ2) is 8.68. The lowest BCUT2D eigenvalue weighted by Crippen LogP contribution is -2.14. The van der Waals surface area contributed by atoms with Gasteiger partial charge in [-0.2, -0.15) is 8.78 Å². The standard InChI is InChI=1S/C18H13F5O5S/c1-9(24)8-29(26,27)11-5-2-10(3-6-11)4-7-12(25)28-18-16(22)14(20)13(19)15(21)17(18)23/h2-3,5-6H,4,7-8H2,1H3. The minimum absolute atomic E-state index is 0.0682. The molecule has 0 fully saturated rings. The first kappa shape index (κ1) is 22.5. The number of hydrogen-bond acceptors (Lipinski definition) is 5. The summed E-state index contributed by atoms with van der Waals surface area (Å²) in [5, 5.41) is 0. The molecular weight excluding hydrogens is 423 g/mol. The zero-order valence-electron chi connectivity index (χ0n) is 14.8. The summed E-state index contributed by atoms with van der Waals surface area (Å²) >= 11 is 0. The summed E-state index contributed by atoms with van der Waals surface area (Å²) in [5.41, 5.74) is 0.432. The third-order valence-corrected chi connectivity index (χ3v) is 5.46. The second-order valence-corrected chi connectivity index (χ2v) is 7.97. The van der Waals surface area contributed by atoms with Gasteiger partial charge in [0.2, 0.25) is 34.8 Å². The molecule has 29 heavy (non-hydrogen) atoms. The normalized spacial score (nSPS) is 11.4. The Labute approximate surface area is 162 Å². The van der Waals surface area contributed by atoms with Crippen molar-refractivity contribution >= 4 is 21.6 Å². The Morgan fingerprint density at radius 1 is 0.862 bits per heavy atom. The highest BCUT2D eigenvalue weighted by Crippen LogP contribution is 2.29. The number of ether oxygens (including phenoxy) is 1. The number of benzene rings is 2. The molecule has 2 rings (SSSR count). The van der Waals surface area contributed by atoms with E-state index >= 15 is 0 Å². The largest absolute Gasteiger partial charge is 0.420 e. The molecule has 11 heteroatoms. The third kappa shape index (κ3) is 5.17. The van der Waals surface area contributed by atoms with Crippen molar-refractivity contribution in [3.05, 3.63) is 58.9 Å². The van der Waals surface area contributed by atoms with Crippen molar-refractivity contribution in [2.75, 3.05) is 5.75 Å². The van der Waals surface area contributed by atoms with Crippen LogP contribution in [0.4, 0.5) is 22.0 Å². The van der Waals surface area contributed by atoms with E-state index in [1.807, 2.05) is 0 Å². The number of carbonyl (C=O) groups excluding carboxylic acids is 2. The maximum atomic E-state index is 13.5. The van der Waals surface area contributed by atoms with E-state index in [0.29, 0.717) is 5.56 Å². The number of esters is 1. The molecule has 0 saturated heterocycles. The highest BCUT2D eigenvalue weighted by atomic mass is 32.2. The van der Waals surface area contributed by atoms with Gasteiger partial charge in [-0.25, -0.2) is 21.6 Å². The van der Waals surface area contributed by atoms with Crippen LogP contribution < -0.4 is 4.74 Å². The predicted octanol–water partition coefficient (Wildman–Crippen LogP) is 3.28. The van der Waals surface area contributed by atoms with Gasteiger partial charge in [-0.3, -0.25) is 9.59 Å². The van der Waals surface area contributed by atoms with Crippen LogP contribution in [0.25, 0.3) is 0 Å². The van der Waals surface area contributed by atoms with Crippen LogP contribution in [0, 0.1) is 29.1 Å². The van der Waals surface area contributed by atoms with Crippen LogP contribution in [0.1, 0.15) is 18.9 Å². The first-order valence-electron chi connectivity index (χ1n) is 7.97. The molecule has 0 atom stereocenters. The Hall–Kier alpha value is -2.82. The molecule has 0 radical (unpaired) electrons. The lowest BCUT2D eigenvalue weighted by molar-refractivity contribution is -0.134. The Bertz CT molecular complexity index is 1040. The minimum atomic E-state index is -3.80. The molecule has 0 bridgehead atoms. The van der Waals surface area contributed by atoms with Crippen molar-refractivity contribution in [3.63, 3.8) is 0 Å². The highest BCUT2D eigenvalue weighted by Gasteiger charge is 2.28. The fourth-order valence-electron chi connectivity index (χ4n) is 2.30. The van der Waals surface area contributed by atoms with Gasteiger partial charge in [0.25, 0.3) is 0 Å². The summed E-state index contributed by atoms with van der Waals surface area (Å²) < 4.78 is 94.2. The number of ketones is 1. The van der Waals surface area contributed by atoms with Gasteiger partial charge in [0.15, 0.2) is 9.84 Å². The monoisotopic (exact) mass is 436 g/mol. The van der Waals surface area contributed by atoms with E-state index < -0.39 is 68.6 Å². The van der Waals surface area contributed by atoms with Gasteiger partial charge in [-0.1, -0.05) is 12.1 Å². The second-order valence-electron chi connectivity index (χ2n) is 5.98. The van der Waals surface area contributed by atoms with Crippen LogP contribution in [-0.2, 0) is 25.8 Å². The van der Waals surface area contributed by atoms with Crippen LogP contribution >= 0.6 is 0 Å². The molecule has 156 valence electrons. The summed E-state index contributed by atoms with van der Waals surface area (Å²) in [6.07, 6.45) is -0.555. The number of hydrogen-bond donors (Lipinski definition) is 0. The van der Waals surface area contributed by atoms with Crippen LogP contribution in [0.3, 0.4) is 0 Å². The summed E-state index contributed by atoms with van der Waals surface area (Å²) in [6, 6.07) is 5.11. The lowest BCUT2D eigenvalue weighted by atomic mass is 10.1. The van der Waals surface area contributed by atoms with E-state index in [1.165, 1.54) is 24.3 Å². The summed E-state index contributed by atoms with van der Waals surface area (Å²) in [7, 11) is -3.80. The average molecular weight is 436 g/mol. The molecule has 0 aliphatic rings. The summed E-state index contributed by atoms with van der Waals surface area (Å²) in [5.74, 6) is -15.6. The van der Waals surface area contributed by atoms with Crippen molar-refractivity contribution in [2.45, 2.75) is 24.7 Å². The Morgan fingerprint density at radius 3 is 1.83 bits per heavy atom. The van der Waals surface area contributed by atoms with Crippen LogP contribution in [0.15, 0.2) is 29.2 Å². The first-order chi connectivity index (χ1) is 13.4. The van der Waals surface area contributed by atoms with E-state index in [-0.39, 0.29) is 11.3 Å². The molecule has 5 nitrogen and oxygen atoms in total.